The lowest BCUT2D eigenvalue weighted by atomic mass is 10.1. The van der Waals surface area contributed by atoms with Crippen LogP contribution in [0.5, 0.6) is 5.88 Å². The van der Waals surface area contributed by atoms with Gasteiger partial charge in [-0.25, -0.2) is 9.78 Å². The summed E-state index contributed by atoms with van der Waals surface area (Å²) >= 11 is 0. The third kappa shape index (κ3) is 11.0. The van der Waals surface area contributed by atoms with Crippen molar-refractivity contribution < 1.29 is 28.4 Å². The Morgan fingerprint density at radius 2 is 1.94 bits per heavy atom. The third-order valence-electron chi connectivity index (χ3n) is 4.57. The maximum atomic E-state index is 11.8. The van der Waals surface area contributed by atoms with Gasteiger partial charge in [-0.1, -0.05) is 12.5 Å². The van der Waals surface area contributed by atoms with Gasteiger partial charge in [-0.15, -0.1) is 0 Å². The van der Waals surface area contributed by atoms with Crippen LogP contribution in [-0.2, 0) is 31.7 Å². The zero-order chi connectivity index (χ0) is 23.2. The van der Waals surface area contributed by atoms with Gasteiger partial charge in [0.2, 0.25) is 11.8 Å². The zero-order valence-electron chi connectivity index (χ0n) is 17.9. The van der Waals surface area contributed by atoms with E-state index in [-0.39, 0.29) is 12.3 Å². The van der Waals surface area contributed by atoms with E-state index in [0.29, 0.717) is 18.6 Å². The molecule has 1 atom stereocenters. The van der Waals surface area contributed by atoms with Crippen molar-refractivity contribution in [3.8, 4) is 5.88 Å². The highest BCUT2D eigenvalue weighted by molar-refractivity contribution is 7.86. The van der Waals surface area contributed by atoms with Gasteiger partial charge in [0.25, 0.3) is 0 Å². The minimum absolute atomic E-state index is 0.231. The van der Waals surface area contributed by atoms with E-state index >= 15 is 0 Å². The SMILES string of the molecule is O=C(O)/C=C/C(=O)CS(=O)CC(=O)NC/C=C/COc1cc(CN2CCCCC2)ccn1. The summed E-state index contributed by atoms with van der Waals surface area (Å²) in [5.74, 6) is -2.51. The molecule has 9 nitrogen and oxygen atoms in total. The van der Waals surface area contributed by atoms with Crippen molar-refractivity contribution in [2.24, 2.45) is 0 Å². The number of ether oxygens (including phenoxy) is 1. The minimum Gasteiger partial charge on any atom is -0.478 e. The molecule has 0 aromatic carbocycles. The van der Waals surface area contributed by atoms with E-state index in [1.807, 2.05) is 12.1 Å². The number of hydrogen-bond donors (Lipinski definition) is 2. The van der Waals surface area contributed by atoms with Crippen LogP contribution in [-0.4, -0.2) is 74.6 Å². The van der Waals surface area contributed by atoms with Gasteiger partial charge in [-0.3, -0.25) is 18.7 Å². The van der Waals surface area contributed by atoms with Crippen molar-refractivity contribution in [3.63, 3.8) is 0 Å². The van der Waals surface area contributed by atoms with Crippen molar-refractivity contribution in [3.05, 3.63) is 48.2 Å². The molecule has 2 heterocycles. The number of nitrogens with zero attached hydrogens (tertiary/aromatic N) is 2. The molecule has 174 valence electrons. The van der Waals surface area contributed by atoms with Crippen molar-refractivity contribution in [1.29, 1.82) is 0 Å². The van der Waals surface area contributed by atoms with Crippen LogP contribution in [0.3, 0.4) is 0 Å². The van der Waals surface area contributed by atoms with Crippen LogP contribution in [0.1, 0.15) is 24.8 Å². The number of nitrogens with one attached hydrogen (secondary N) is 1. The van der Waals surface area contributed by atoms with Gasteiger partial charge in [0.15, 0.2) is 5.78 Å². The molecule has 2 N–H and O–H groups in total. The molecule has 0 bridgehead atoms. The van der Waals surface area contributed by atoms with Gasteiger partial charge in [0, 0.05) is 42.2 Å². The summed E-state index contributed by atoms with van der Waals surface area (Å²) in [6.07, 6.45) is 10.5. The Bertz CT molecular complexity index is 865. The van der Waals surface area contributed by atoms with E-state index < -0.39 is 34.2 Å². The Labute approximate surface area is 190 Å². The average Bonchev–Trinajstić information content (AvgIpc) is 2.75. The number of carboxylic acid groups (broad SMARTS) is 1. The van der Waals surface area contributed by atoms with Crippen molar-refractivity contribution in [2.45, 2.75) is 25.8 Å². The summed E-state index contributed by atoms with van der Waals surface area (Å²) < 4.78 is 17.4. The molecule has 0 spiro atoms. The van der Waals surface area contributed by atoms with Crippen LogP contribution in [0, 0.1) is 0 Å². The number of pyridine rings is 1. The molecule has 10 heteroatoms. The number of carbonyl (C=O) groups excluding carboxylic acids is 2. The predicted octanol–water partition coefficient (Wildman–Crippen LogP) is 1.08. The smallest absolute Gasteiger partial charge is 0.328 e. The number of rotatable bonds is 13. The fourth-order valence-corrected chi connectivity index (χ4v) is 3.99. The Morgan fingerprint density at radius 1 is 1.16 bits per heavy atom. The molecule has 1 aliphatic heterocycles. The van der Waals surface area contributed by atoms with Gasteiger partial charge < -0.3 is 15.2 Å². The Morgan fingerprint density at radius 3 is 2.69 bits per heavy atom. The molecule has 1 aromatic heterocycles. The first-order chi connectivity index (χ1) is 15.4. The fourth-order valence-electron chi connectivity index (χ4n) is 3.08. The van der Waals surface area contributed by atoms with E-state index in [0.717, 1.165) is 31.3 Å². The molecule has 32 heavy (non-hydrogen) atoms. The molecular weight excluding hydrogens is 434 g/mol. The number of likely N-dealkylation sites (tertiary alicyclic amines) is 1. The Hall–Kier alpha value is -2.85. The Balaban J connectivity index is 1.62. The van der Waals surface area contributed by atoms with E-state index in [2.05, 4.69) is 15.2 Å². The van der Waals surface area contributed by atoms with Crippen LogP contribution in [0.25, 0.3) is 0 Å². The highest BCUT2D eigenvalue weighted by Crippen LogP contribution is 2.15. The van der Waals surface area contributed by atoms with E-state index in [4.69, 9.17) is 9.84 Å². The maximum Gasteiger partial charge on any atom is 0.328 e. The van der Waals surface area contributed by atoms with Gasteiger partial charge in [-0.05, 0) is 49.7 Å². The summed E-state index contributed by atoms with van der Waals surface area (Å²) in [7, 11) is -1.70. The number of aliphatic carboxylic acids is 1. The molecule has 0 aliphatic carbocycles. The van der Waals surface area contributed by atoms with Crippen molar-refractivity contribution in [2.75, 3.05) is 37.7 Å². The van der Waals surface area contributed by atoms with Gasteiger partial charge in [0.05, 0.1) is 5.75 Å². The number of carbonyl (C=O) groups is 3. The molecule has 1 unspecified atom stereocenters. The van der Waals surface area contributed by atoms with Gasteiger partial charge in [-0.2, -0.15) is 0 Å². The summed E-state index contributed by atoms with van der Waals surface area (Å²) in [4.78, 5) is 40.1. The van der Waals surface area contributed by atoms with E-state index in [1.54, 1.807) is 18.3 Å². The van der Waals surface area contributed by atoms with Crippen LogP contribution < -0.4 is 10.1 Å². The number of allylic oxidation sites excluding steroid dienone is 1. The van der Waals surface area contributed by atoms with Gasteiger partial charge in [0.1, 0.15) is 12.4 Å². The number of hydrogen-bond acceptors (Lipinski definition) is 7. The second kappa shape index (κ2) is 14.3. The fraction of sp³-hybridized carbons (Fsp3) is 0.455. The third-order valence-corrected chi connectivity index (χ3v) is 5.76. The lowest BCUT2D eigenvalue weighted by molar-refractivity contribution is -0.131. The number of ketones is 1. The average molecular weight is 464 g/mol. The van der Waals surface area contributed by atoms with Crippen molar-refractivity contribution in [1.82, 2.24) is 15.2 Å². The number of piperidine rings is 1. The summed E-state index contributed by atoms with van der Waals surface area (Å²) in [5.41, 5.74) is 1.16. The van der Waals surface area contributed by atoms with Crippen molar-refractivity contribution >= 4 is 28.5 Å². The predicted molar refractivity (Wildman–Crippen MR) is 121 cm³/mol. The molecule has 1 saturated heterocycles. The molecule has 0 saturated carbocycles. The van der Waals surface area contributed by atoms with Crippen LogP contribution in [0.15, 0.2) is 42.6 Å². The standard InChI is InChI=1S/C22H29N3O6S/c26-19(6-7-22(28)29)16-32(30)17-20(27)23-9-2-5-13-31-21-14-18(8-10-24-21)15-25-11-3-1-4-12-25/h2,5-8,10,14H,1,3-4,9,11-13,15-17H2,(H,23,27)(H,28,29)/b5-2+,7-6+. The molecule has 1 aliphatic rings. The summed E-state index contributed by atoms with van der Waals surface area (Å²) in [5, 5.41) is 11.0. The molecular formula is C22H29N3O6S. The van der Waals surface area contributed by atoms with E-state index in [9.17, 15) is 18.6 Å². The summed E-state index contributed by atoms with van der Waals surface area (Å²) in [6, 6.07) is 3.93. The first kappa shape index (κ1) is 25.4. The van der Waals surface area contributed by atoms with Crippen LogP contribution in [0.4, 0.5) is 0 Å². The largest absolute Gasteiger partial charge is 0.478 e. The summed E-state index contributed by atoms with van der Waals surface area (Å²) in [6.45, 7) is 3.67. The van der Waals surface area contributed by atoms with Crippen LogP contribution in [0.2, 0.25) is 0 Å². The monoisotopic (exact) mass is 463 g/mol. The minimum atomic E-state index is -1.70. The molecule has 2 rings (SSSR count). The highest BCUT2D eigenvalue weighted by atomic mass is 32.2. The second-order valence-electron chi connectivity index (χ2n) is 7.29. The molecule has 1 amide bonds. The molecule has 1 fully saturated rings. The molecule has 0 radical (unpaired) electrons. The number of aromatic nitrogens is 1. The molecule has 1 aromatic rings. The van der Waals surface area contributed by atoms with Gasteiger partial charge >= 0.3 is 5.97 Å². The highest BCUT2D eigenvalue weighted by Gasteiger charge is 2.11. The topological polar surface area (TPSA) is 126 Å². The first-order valence-electron chi connectivity index (χ1n) is 10.4. The van der Waals surface area contributed by atoms with Crippen LogP contribution >= 0.6 is 0 Å². The number of amides is 1. The first-order valence-corrected chi connectivity index (χ1v) is 11.9. The lowest BCUT2D eigenvalue weighted by Crippen LogP contribution is -2.30. The normalized spacial score (nSPS) is 15.6. The lowest BCUT2D eigenvalue weighted by Gasteiger charge is -2.26. The quantitative estimate of drug-likeness (QED) is 0.329. The second-order valence-corrected chi connectivity index (χ2v) is 8.75. The zero-order valence-corrected chi connectivity index (χ0v) is 18.7. The Kier molecular flexibility index (Phi) is 11.3. The maximum absolute atomic E-state index is 11.8. The number of carboxylic acids is 1. The van der Waals surface area contributed by atoms with E-state index in [1.165, 1.54) is 19.3 Å².